The fourth-order valence-corrected chi connectivity index (χ4v) is 3.43. The zero-order valence-corrected chi connectivity index (χ0v) is 15.2. The van der Waals surface area contributed by atoms with Crippen LogP contribution >= 0.6 is 34.4 Å². The highest BCUT2D eigenvalue weighted by atomic mass is 127. The van der Waals surface area contributed by atoms with Crippen LogP contribution in [0.2, 0.25) is 0 Å². The molecule has 0 saturated carbocycles. The van der Waals surface area contributed by atoms with Crippen molar-refractivity contribution in [1.82, 2.24) is 5.43 Å². The summed E-state index contributed by atoms with van der Waals surface area (Å²) in [5, 5.41) is 4.98. The van der Waals surface area contributed by atoms with Gasteiger partial charge in [-0.2, -0.15) is 5.10 Å². The highest BCUT2D eigenvalue weighted by Crippen LogP contribution is 2.29. The molecule has 1 N–H and O–H groups in total. The number of carbonyl (C=O) groups excluding carboxylic acids is 1. The Balaban J connectivity index is 1.47. The van der Waals surface area contributed by atoms with Gasteiger partial charge < -0.3 is 0 Å². The van der Waals surface area contributed by atoms with Gasteiger partial charge in [0.05, 0.1) is 22.7 Å². The molecule has 0 aromatic heterocycles. The van der Waals surface area contributed by atoms with Crippen LogP contribution in [0.15, 0.2) is 58.6 Å². The molecule has 2 aromatic rings. The van der Waals surface area contributed by atoms with Gasteiger partial charge in [-0.15, -0.1) is 11.8 Å². The first-order valence-electron chi connectivity index (χ1n) is 7.07. The first-order chi connectivity index (χ1) is 11.2. The largest absolute Gasteiger partial charge is 0.272 e. The molecule has 0 aliphatic carbocycles. The molecule has 0 radical (unpaired) electrons. The third-order valence-corrected chi connectivity index (χ3v) is 5.20. The Morgan fingerprint density at radius 1 is 1.26 bits per heavy atom. The number of aliphatic imine (C=N–C) groups is 1. The molecule has 1 aliphatic rings. The molecule has 0 unspecified atom stereocenters. The average Bonchev–Trinajstić information content (AvgIpc) is 2.98. The van der Waals surface area contributed by atoms with Crippen LogP contribution in [-0.4, -0.2) is 22.9 Å². The molecule has 0 atom stereocenters. The van der Waals surface area contributed by atoms with Crippen LogP contribution in [0.1, 0.15) is 11.1 Å². The predicted octanol–water partition coefficient (Wildman–Crippen LogP) is 3.76. The Hall–Kier alpha value is -1.67. The van der Waals surface area contributed by atoms with E-state index in [0.29, 0.717) is 5.75 Å². The molecular formula is C17H14IN3OS. The Labute approximate surface area is 152 Å². The standard InChI is InChI=1S/C17H14IN3OS/c18-14-7-3-1-6-13(14)10-19-21-16(22)11-23-17-9-12-5-2-4-8-15(12)20-17/h1-8,10H,9,11H2,(H,21,22)/b19-10+. The molecule has 2 aromatic carbocycles. The number of benzene rings is 2. The molecule has 1 heterocycles. The van der Waals surface area contributed by atoms with E-state index in [9.17, 15) is 4.79 Å². The van der Waals surface area contributed by atoms with Crippen molar-refractivity contribution in [2.45, 2.75) is 6.42 Å². The summed E-state index contributed by atoms with van der Waals surface area (Å²) >= 11 is 3.70. The molecule has 0 saturated heterocycles. The number of carbonyl (C=O) groups is 1. The van der Waals surface area contributed by atoms with Gasteiger partial charge in [-0.1, -0.05) is 36.4 Å². The lowest BCUT2D eigenvalue weighted by Crippen LogP contribution is -2.20. The Morgan fingerprint density at radius 3 is 2.87 bits per heavy atom. The molecule has 3 rings (SSSR count). The third kappa shape index (κ3) is 4.42. The summed E-state index contributed by atoms with van der Waals surface area (Å²) < 4.78 is 1.09. The maximum Gasteiger partial charge on any atom is 0.250 e. The van der Waals surface area contributed by atoms with Gasteiger partial charge in [0, 0.05) is 15.6 Å². The molecule has 4 nitrogen and oxygen atoms in total. The Kier molecular flexibility index (Phi) is 5.45. The summed E-state index contributed by atoms with van der Waals surface area (Å²) in [6.45, 7) is 0. The number of fused-ring (bicyclic) bond motifs is 1. The van der Waals surface area contributed by atoms with E-state index in [2.05, 4.69) is 44.2 Å². The molecule has 0 spiro atoms. The number of amides is 1. The number of nitrogens with zero attached hydrogens (tertiary/aromatic N) is 2. The normalized spacial score (nSPS) is 13.0. The molecule has 0 bridgehead atoms. The first kappa shape index (κ1) is 16.2. The van der Waals surface area contributed by atoms with Crippen molar-refractivity contribution in [3.05, 3.63) is 63.2 Å². The number of halogens is 1. The fraction of sp³-hybridized carbons (Fsp3) is 0.118. The lowest BCUT2D eigenvalue weighted by Gasteiger charge is -2.00. The van der Waals surface area contributed by atoms with Crippen molar-refractivity contribution in [2.24, 2.45) is 10.1 Å². The highest BCUT2D eigenvalue weighted by molar-refractivity contribution is 14.1. The maximum atomic E-state index is 11.8. The monoisotopic (exact) mass is 435 g/mol. The first-order valence-corrected chi connectivity index (χ1v) is 9.13. The van der Waals surface area contributed by atoms with Crippen LogP contribution < -0.4 is 5.43 Å². The smallest absolute Gasteiger partial charge is 0.250 e. The van der Waals surface area contributed by atoms with Crippen molar-refractivity contribution in [3.63, 3.8) is 0 Å². The van der Waals surface area contributed by atoms with Crippen molar-refractivity contribution in [1.29, 1.82) is 0 Å². The summed E-state index contributed by atoms with van der Waals surface area (Å²) in [4.78, 5) is 16.4. The van der Waals surface area contributed by atoms with Gasteiger partial charge in [0.1, 0.15) is 0 Å². The van der Waals surface area contributed by atoms with Crippen LogP contribution in [0, 0.1) is 3.57 Å². The lowest BCUT2D eigenvalue weighted by molar-refractivity contribution is -0.118. The van der Waals surface area contributed by atoms with Crippen molar-refractivity contribution in [3.8, 4) is 0 Å². The second-order valence-electron chi connectivity index (χ2n) is 4.91. The number of para-hydroxylation sites is 1. The summed E-state index contributed by atoms with van der Waals surface area (Å²) in [6.07, 6.45) is 2.47. The second-order valence-corrected chi connectivity index (χ2v) is 7.13. The topological polar surface area (TPSA) is 53.8 Å². The van der Waals surface area contributed by atoms with Crippen LogP contribution in [0.5, 0.6) is 0 Å². The van der Waals surface area contributed by atoms with Crippen LogP contribution in [0.25, 0.3) is 0 Å². The van der Waals surface area contributed by atoms with Crippen molar-refractivity contribution < 1.29 is 4.79 Å². The number of thioether (sulfide) groups is 1. The maximum absolute atomic E-state index is 11.8. The number of rotatable bonds is 4. The lowest BCUT2D eigenvalue weighted by atomic mass is 10.2. The van der Waals surface area contributed by atoms with E-state index in [0.717, 1.165) is 26.3 Å². The predicted molar refractivity (Wildman–Crippen MR) is 105 cm³/mol. The van der Waals surface area contributed by atoms with E-state index in [-0.39, 0.29) is 5.91 Å². The summed E-state index contributed by atoms with van der Waals surface area (Å²) in [7, 11) is 0. The van der Waals surface area contributed by atoms with E-state index >= 15 is 0 Å². The van der Waals surface area contributed by atoms with E-state index in [4.69, 9.17) is 0 Å². The minimum Gasteiger partial charge on any atom is -0.272 e. The zero-order valence-electron chi connectivity index (χ0n) is 12.2. The minimum absolute atomic E-state index is 0.129. The van der Waals surface area contributed by atoms with Crippen LogP contribution in [-0.2, 0) is 11.2 Å². The van der Waals surface area contributed by atoms with E-state index in [1.54, 1.807) is 6.21 Å². The summed E-state index contributed by atoms with van der Waals surface area (Å²) in [6, 6.07) is 15.9. The molecule has 116 valence electrons. The van der Waals surface area contributed by atoms with Gasteiger partial charge in [-0.05, 0) is 40.3 Å². The quantitative estimate of drug-likeness (QED) is 0.452. The van der Waals surface area contributed by atoms with Crippen LogP contribution in [0.4, 0.5) is 5.69 Å². The Bertz CT molecular complexity index is 789. The van der Waals surface area contributed by atoms with Crippen LogP contribution in [0.3, 0.4) is 0 Å². The number of hydrogen-bond donors (Lipinski definition) is 1. The molecule has 6 heteroatoms. The van der Waals surface area contributed by atoms with Gasteiger partial charge in [0.15, 0.2) is 0 Å². The summed E-state index contributed by atoms with van der Waals surface area (Å²) in [5.74, 6) is 0.187. The molecule has 23 heavy (non-hydrogen) atoms. The Morgan fingerprint density at radius 2 is 2.04 bits per heavy atom. The summed E-state index contributed by atoms with van der Waals surface area (Å²) in [5.41, 5.74) is 5.76. The van der Waals surface area contributed by atoms with Gasteiger partial charge in [0.25, 0.3) is 0 Å². The highest BCUT2D eigenvalue weighted by Gasteiger charge is 2.15. The average molecular weight is 435 g/mol. The minimum atomic E-state index is -0.129. The SMILES string of the molecule is O=C(CSC1=Nc2ccccc2C1)N/N=C/c1ccccc1I. The van der Waals surface area contributed by atoms with Crippen molar-refractivity contribution >= 4 is 57.2 Å². The van der Waals surface area contributed by atoms with Gasteiger partial charge >= 0.3 is 0 Å². The number of hydrazone groups is 1. The van der Waals surface area contributed by atoms with Gasteiger partial charge in [-0.25, -0.2) is 10.4 Å². The van der Waals surface area contributed by atoms with E-state index in [1.165, 1.54) is 17.3 Å². The van der Waals surface area contributed by atoms with Crippen molar-refractivity contribution in [2.75, 3.05) is 5.75 Å². The second kappa shape index (κ2) is 7.74. The fourth-order valence-electron chi connectivity index (χ4n) is 2.12. The van der Waals surface area contributed by atoms with E-state index in [1.807, 2.05) is 42.5 Å². The molecular weight excluding hydrogens is 421 g/mol. The van der Waals surface area contributed by atoms with Gasteiger partial charge in [0.2, 0.25) is 5.91 Å². The number of nitrogens with one attached hydrogen (secondary N) is 1. The van der Waals surface area contributed by atoms with E-state index < -0.39 is 0 Å². The molecule has 1 amide bonds. The number of hydrogen-bond acceptors (Lipinski definition) is 4. The molecule has 0 fully saturated rings. The van der Waals surface area contributed by atoms with Gasteiger partial charge in [-0.3, -0.25) is 4.79 Å². The zero-order chi connectivity index (χ0) is 16.1. The third-order valence-electron chi connectivity index (χ3n) is 3.25. The molecule has 1 aliphatic heterocycles.